The zero-order chi connectivity index (χ0) is 13.8. The summed E-state index contributed by atoms with van der Waals surface area (Å²) in [4.78, 5) is 7.10. The molecule has 0 amide bonds. The molecule has 2 aromatic rings. The topological polar surface area (TPSA) is 47.0 Å². The van der Waals surface area contributed by atoms with E-state index >= 15 is 0 Å². The first-order valence-corrected chi connectivity index (χ1v) is 5.34. The van der Waals surface area contributed by atoms with Gasteiger partial charge >= 0.3 is 0 Å². The Morgan fingerprint density at radius 1 is 1.21 bits per heavy atom. The number of nitrogens with one attached hydrogen (secondary N) is 1. The third-order valence-corrected chi connectivity index (χ3v) is 2.35. The molecule has 4 nitrogen and oxygen atoms in total. The molecule has 2 aromatic heterocycles. The number of pyridine rings is 2. The summed E-state index contributed by atoms with van der Waals surface area (Å²) in [6.45, 7) is 0.173. The molecule has 0 saturated heterocycles. The minimum atomic E-state index is -1.35. The highest BCUT2D eigenvalue weighted by Gasteiger charge is 2.11. The number of nitrogens with zero attached hydrogens (tertiary/aromatic N) is 2. The number of anilines is 1. The molecule has 7 heteroatoms. The normalized spacial score (nSPS) is 10.3. The maximum absolute atomic E-state index is 13.3. The molecule has 0 spiro atoms. The number of aromatic nitrogens is 2. The number of halogens is 3. The molecule has 0 atom stereocenters. The second-order valence-electron chi connectivity index (χ2n) is 3.65. The number of hydrogen-bond donors (Lipinski definition) is 1. The Hall–Kier alpha value is -2.31. The number of methoxy groups -OCH3 is 1. The summed E-state index contributed by atoms with van der Waals surface area (Å²) in [5.74, 6) is -3.54. The van der Waals surface area contributed by atoms with E-state index in [1.165, 1.54) is 13.3 Å². The van der Waals surface area contributed by atoms with Crippen LogP contribution in [0.15, 0.2) is 24.4 Å². The molecule has 0 aromatic carbocycles. The van der Waals surface area contributed by atoms with Crippen LogP contribution in [0.1, 0.15) is 5.56 Å². The molecule has 0 fully saturated rings. The summed E-state index contributed by atoms with van der Waals surface area (Å²) in [5, 5.41) is 2.56. The molecular weight excluding hydrogens is 259 g/mol. The lowest BCUT2D eigenvalue weighted by Gasteiger charge is -2.07. The van der Waals surface area contributed by atoms with E-state index in [9.17, 15) is 13.2 Å². The Morgan fingerprint density at radius 2 is 2.00 bits per heavy atom. The summed E-state index contributed by atoms with van der Waals surface area (Å²) in [5.41, 5.74) is 0.715. The van der Waals surface area contributed by atoms with Crippen LogP contribution in [-0.4, -0.2) is 17.1 Å². The first-order chi connectivity index (χ1) is 9.10. The molecule has 0 unspecified atom stereocenters. The largest absolute Gasteiger partial charge is 0.481 e. The Morgan fingerprint density at radius 3 is 2.63 bits per heavy atom. The smallest absolute Gasteiger partial charge is 0.251 e. The summed E-state index contributed by atoms with van der Waals surface area (Å²) in [7, 11) is 1.49. The Bertz CT molecular complexity index is 575. The van der Waals surface area contributed by atoms with Gasteiger partial charge in [0.2, 0.25) is 5.88 Å². The minimum Gasteiger partial charge on any atom is -0.481 e. The number of rotatable bonds is 4. The lowest BCUT2D eigenvalue weighted by atomic mass is 10.3. The van der Waals surface area contributed by atoms with Gasteiger partial charge < -0.3 is 10.1 Å². The first-order valence-electron chi connectivity index (χ1n) is 5.34. The molecule has 2 rings (SSSR count). The fraction of sp³-hybridized carbons (Fsp3) is 0.167. The van der Waals surface area contributed by atoms with Gasteiger partial charge in [-0.2, -0.15) is 9.37 Å². The van der Waals surface area contributed by atoms with Crippen molar-refractivity contribution in [2.24, 2.45) is 0 Å². The average molecular weight is 269 g/mol. The fourth-order valence-electron chi connectivity index (χ4n) is 1.39. The monoisotopic (exact) mass is 269 g/mol. The van der Waals surface area contributed by atoms with Crippen LogP contribution < -0.4 is 10.1 Å². The number of ether oxygens (including phenoxy) is 1. The fourth-order valence-corrected chi connectivity index (χ4v) is 1.39. The Balaban J connectivity index is 2.07. The SMILES string of the molecule is COc1ccc(CNc2nc(F)c(F)cc2F)cn1. The van der Waals surface area contributed by atoms with Gasteiger partial charge in [-0.05, 0) is 5.56 Å². The van der Waals surface area contributed by atoms with Crippen LogP contribution in [-0.2, 0) is 6.54 Å². The highest BCUT2D eigenvalue weighted by Crippen LogP contribution is 2.15. The van der Waals surface area contributed by atoms with Gasteiger partial charge in [-0.25, -0.2) is 13.8 Å². The van der Waals surface area contributed by atoms with Crippen molar-refractivity contribution in [3.05, 3.63) is 47.5 Å². The first kappa shape index (κ1) is 13.1. The Labute approximate surface area is 107 Å². The molecule has 0 aliphatic heterocycles. The second-order valence-corrected chi connectivity index (χ2v) is 3.65. The minimum absolute atomic E-state index is 0.173. The van der Waals surface area contributed by atoms with Crippen molar-refractivity contribution in [1.29, 1.82) is 0 Å². The van der Waals surface area contributed by atoms with Gasteiger partial charge in [-0.3, -0.25) is 0 Å². The molecule has 19 heavy (non-hydrogen) atoms. The predicted octanol–water partition coefficient (Wildman–Crippen LogP) is 2.51. The van der Waals surface area contributed by atoms with Gasteiger partial charge in [-0.1, -0.05) is 6.07 Å². The van der Waals surface area contributed by atoms with E-state index < -0.39 is 17.6 Å². The van der Waals surface area contributed by atoms with E-state index in [2.05, 4.69) is 15.3 Å². The van der Waals surface area contributed by atoms with E-state index in [0.717, 1.165) is 0 Å². The van der Waals surface area contributed by atoms with Crippen molar-refractivity contribution in [3.63, 3.8) is 0 Å². The summed E-state index contributed by atoms with van der Waals surface area (Å²) < 4.78 is 43.7. The van der Waals surface area contributed by atoms with E-state index in [0.29, 0.717) is 17.5 Å². The van der Waals surface area contributed by atoms with Gasteiger partial charge in [-0.15, -0.1) is 0 Å². The van der Waals surface area contributed by atoms with Crippen molar-refractivity contribution >= 4 is 5.82 Å². The van der Waals surface area contributed by atoms with Crippen LogP contribution in [0, 0.1) is 17.6 Å². The highest BCUT2D eigenvalue weighted by atomic mass is 19.2. The van der Waals surface area contributed by atoms with E-state index in [1.807, 2.05) is 0 Å². The van der Waals surface area contributed by atoms with Gasteiger partial charge in [0, 0.05) is 24.9 Å². The maximum atomic E-state index is 13.3. The molecule has 0 radical (unpaired) electrons. The van der Waals surface area contributed by atoms with Crippen LogP contribution in [0.4, 0.5) is 19.0 Å². The third kappa shape index (κ3) is 3.12. The Kier molecular flexibility index (Phi) is 3.84. The van der Waals surface area contributed by atoms with E-state index in [1.54, 1.807) is 12.1 Å². The highest BCUT2D eigenvalue weighted by molar-refractivity contribution is 5.37. The molecule has 0 bridgehead atoms. The molecule has 0 aliphatic rings. The predicted molar refractivity (Wildman–Crippen MR) is 62.2 cm³/mol. The van der Waals surface area contributed by atoms with Crippen LogP contribution in [0.5, 0.6) is 5.88 Å². The van der Waals surface area contributed by atoms with Crippen LogP contribution in [0.3, 0.4) is 0 Å². The van der Waals surface area contributed by atoms with Crippen molar-refractivity contribution < 1.29 is 17.9 Å². The van der Waals surface area contributed by atoms with Gasteiger partial charge in [0.25, 0.3) is 5.95 Å². The quantitative estimate of drug-likeness (QED) is 0.866. The van der Waals surface area contributed by atoms with Crippen molar-refractivity contribution in [2.45, 2.75) is 6.54 Å². The summed E-state index contributed by atoms with van der Waals surface area (Å²) >= 11 is 0. The summed E-state index contributed by atoms with van der Waals surface area (Å²) in [6.07, 6.45) is 1.52. The van der Waals surface area contributed by atoms with Crippen LogP contribution in [0.25, 0.3) is 0 Å². The second kappa shape index (κ2) is 5.55. The van der Waals surface area contributed by atoms with Gasteiger partial charge in [0.15, 0.2) is 17.5 Å². The third-order valence-electron chi connectivity index (χ3n) is 2.35. The average Bonchev–Trinajstić information content (AvgIpc) is 2.42. The van der Waals surface area contributed by atoms with Crippen molar-refractivity contribution in [2.75, 3.05) is 12.4 Å². The molecule has 0 aliphatic carbocycles. The summed E-state index contributed by atoms with van der Waals surface area (Å²) in [6, 6.07) is 3.78. The molecular formula is C12H10F3N3O. The van der Waals surface area contributed by atoms with Crippen LogP contribution >= 0.6 is 0 Å². The molecule has 100 valence electrons. The van der Waals surface area contributed by atoms with Crippen molar-refractivity contribution in [3.8, 4) is 5.88 Å². The zero-order valence-corrected chi connectivity index (χ0v) is 9.95. The molecule has 2 heterocycles. The lowest BCUT2D eigenvalue weighted by molar-refractivity contribution is 0.397. The van der Waals surface area contributed by atoms with Crippen LogP contribution in [0.2, 0.25) is 0 Å². The molecule has 1 N–H and O–H groups in total. The maximum Gasteiger partial charge on any atom is 0.251 e. The molecule has 0 saturated carbocycles. The van der Waals surface area contributed by atoms with E-state index in [-0.39, 0.29) is 12.4 Å². The van der Waals surface area contributed by atoms with Gasteiger partial charge in [0.1, 0.15) is 0 Å². The van der Waals surface area contributed by atoms with E-state index in [4.69, 9.17) is 4.74 Å². The standard InChI is InChI=1S/C12H10F3N3O/c1-19-10-3-2-7(5-16-10)6-17-12-9(14)4-8(13)11(15)18-12/h2-5H,6H2,1H3,(H,17,18). The number of hydrogen-bond acceptors (Lipinski definition) is 4. The van der Waals surface area contributed by atoms with Gasteiger partial charge in [0.05, 0.1) is 7.11 Å². The van der Waals surface area contributed by atoms with Crippen molar-refractivity contribution in [1.82, 2.24) is 9.97 Å². The zero-order valence-electron chi connectivity index (χ0n) is 9.95. The lowest BCUT2D eigenvalue weighted by Crippen LogP contribution is -2.06.